The van der Waals surface area contributed by atoms with Gasteiger partial charge < -0.3 is 9.64 Å². The van der Waals surface area contributed by atoms with Gasteiger partial charge in [-0.15, -0.1) is 6.58 Å². The van der Waals surface area contributed by atoms with E-state index in [4.69, 9.17) is 4.74 Å². The Hall–Kier alpha value is -0.830. The molecule has 3 nitrogen and oxygen atoms in total. The molecule has 0 radical (unpaired) electrons. The fraction of sp³-hybridized carbons (Fsp3) is 0.769. The minimum Gasteiger partial charge on any atom is -0.378 e. The van der Waals surface area contributed by atoms with Crippen molar-refractivity contribution in [2.45, 2.75) is 27.2 Å². The number of carbonyl (C=O) groups excluding carboxylic acids is 1. The molecule has 0 bridgehead atoms. The molecule has 16 heavy (non-hydrogen) atoms. The third kappa shape index (κ3) is 2.64. The molecule has 0 aromatic heterocycles. The van der Waals surface area contributed by atoms with E-state index >= 15 is 0 Å². The van der Waals surface area contributed by atoms with Crippen molar-refractivity contribution in [3.8, 4) is 0 Å². The standard InChI is InChI=1S/C13H23NO2/c1-5-13(4,6-2)11(3)12(15)14-7-9-16-10-8-14/h5,11H,1,6-10H2,2-4H3/t11-,13-/m1/s1. The van der Waals surface area contributed by atoms with Crippen molar-refractivity contribution >= 4 is 5.91 Å². The Balaban J connectivity index is 2.68. The van der Waals surface area contributed by atoms with Crippen molar-refractivity contribution in [3.63, 3.8) is 0 Å². The molecule has 1 aliphatic rings. The van der Waals surface area contributed by atoms with Gasteiger partial charge in [-0.25, -0.2) is 0 Å². The SMILES string of the molecule is C=C[C@](C)(CC)[C@H](C)C(=O)N1CCOCC1. The summed E-state index contributed by atoms with van der Waals surface area (Å²) in [5, 5.41) is 0. The number of ether oxygens (including phenoxy) is 1. The molecule has 0 N–H and O–H groups in total. The van der Waals surface area contributed by atoms with Gasteiger partial charge in [-0.3, -0.25) is 4.79 Å². The van der Waals surface area contributed by atoms with Crippen LogP contribution in [0.25, 0.3) is 0 Å². The normalized spacial score (nSPS) is 22.3. The summed E-state index contributed by atoms with van der Waals surface area (Å²) < 4.78 is 5.25. The van der Waals surface area contributed by atoms with Crippen LogP contribution in [0.4, 0.5) is 0 Å². The van der Waals surface area contributed by atoms with E-state index in [1.807, 2.05) is 17.9 Å². The van der Waals surface area contributed by atoms with Crippen LogP contribution in [0, 0.1) is 11.3 Å². The van der Waals surface area contributed by atoms with Crippen molar-refractivity contribution in [1.29, 1.82) is 0 Å². The van der Waals surface area contributed by atoms with Gasteiger partial charge in [0, 0.05) is 19.0 Å². The summed E-state index contributed by atoms with van der Waals surface area (Å²) in [6, 6.07) is 0. The molecule has 1 amide bonds. The quantitative estimate of drug-likeness (QED) is 0.686. The van der Waals surface area contributed by atoms with Gasteiger partial charge in [-0.05, 0) is 11.8 Å². The molecule has 1 fully saturated rings. The maximum Gasteiger partial charge on any atom is 0.226 e. The van der Waals surface area contributed by atoms with E-state index in [0.29, 0.717) is 13.2 Å². The van der Waals surface area contributed by atoms with Crippen molar-refractivity contribution in [1.82, 2.24) is 4.90 Å². The predicted molar refractivity (Wildman–Crippen MR) is 65.2 cm³/mol. The number of carbonyl (C=O) groups is 1. The Bertz CT molecular complexity index is 259. The fourth-order valence-electron chi connectivity index (χ4n) is 1.97. The highest BCUT2D eigenvalue weighted by atomic mass is 16.5. The summed E-state index contributed by atoms with van der Waals surface area (Å²) in [7, 11) is 0. The van der Waals surface area contributed by atoms with E-state index in [1.165, 1.54) is 0 Å². The molecular weight excluding hydrogens is 202 g/mol. The van der Waals surface area contributed by atoms with E-state index in [1.54, 1.807) is 0 Å². The van der Waals surface area contributed by atoms with Gasteiger partial charge in [0.2, 0.25) is 5.91 Å². The lowest BCUT2D eigenvalue weighted by molar-refractivity contribution is -0.142. The topological polar surface area (TPSA) is 29.5 Å². The Morgan fingerprint density at radius 1 is 1.56 bits per heavy atom. The van der Waals surface area contributed by atoms with Crippen LogP contribution in [0.2, 0.25) is 0 Å². The Kier molecular flexibility index (Phi) is 4.54. The molecule has 92 valence electrons. The molecule has 0 aromatic carbocycles. The first kappa shape index (κ1) is 13.2. The first-order valence-electron chi connectivity index (χ1n) is 6.05. The molecular formula is C13H23NO2. The summed E-state index contributed by atoms with van der Waals surface area (Å²) in [6.07, 6.45) is 2.85. The van der Waals surface area contributed by atoms with Crippen molar-refractivity contribution in [3.05, 3.63) is 12.7 Å². The van der Waals surface area contributed by atoms with Crippen LogP contribution in [-0.2, 0) is 9.53 Å². The molecule has 1 aliphatic heterocycles. The zero-order valence-electron chi connectivity index (χ0n) is 10.7. The van der Waals surface area contributed by atoms with Crippen molar-refractivity contribution in [2.75, 3.05) is 26.3 Å². The fourth-order valence-corrected chi connectivity index (χ4v) is 1.97. The highest BCUT2D eigenvalue weighted by molar-refractivity contribution is 5.79. The minimum atomic E-state index is -0.102. The molecule has 1 saturated heterocycles. The van der Waals surface area contributed by atoms with Crippen LogP contribution in [-0.4, -0.2) is 37.1 Å². The maximum absolute atomic E-state index is 12.3. The average molecular weight is 225 g/mol. The summed E-state index contributed by atoms with van der Waals surface area (Å²) in [6.45, 7) is 12.8. The van der Waals surface area contributed by atoms with Gasteiger partial charge in [0.15, 0.2) is 0 Å². The summed E-state index contributed by atoms with van der Waals surface area (Å²) in [5.74, 6) is 0.223. The van der Waals surface area contributed by atoms with Crippen LogP contribution in [0.3, 0.4) is 0 Å². The van der Waals surface area contributed by atoms with Crippen molar-refractivity contribution in [2.24, 2.45) is 11.3 Å². The largest absolute Gasteiger partial charge is 0.378 e. The third-order valence-electron chi connectivity index (χ3n) is 3.91. The van der Waals surface area contributed by atoms with Gasteiger partial charge in [0.05, 0.1) is 13.2 Å². The lowest BCUT2D eigenvalue weighted by Crippen LogP contribution is -2.46. The average Bonchev–Trinajstić information content (AvgIpc) is 2.37. The first-order valence-corrected chi connectivity index (χ1v) is 6.05. The number of allylic oxidation sites excluding steroid dienone is 1. The zero-order chi connectivity index (χ0) is 12.2. The number of morpholine rings is 1. The summed E-state index contributed by atoms with van der Waals surface area (Å²) >= 11 is 0. The Morgan fingerprint density at radius 2 is 2.12 bits per heavy atom. The molecule has 0 unspecified atom stereocenters. The number of nitrogens with zero attached hydrogens (tertiary/aromatic N) is 1. The number of hydrogen-bond acceptors (Lipinski definition) is 2. The molecule has 0 spiro atoms. The maximum atomic E-state index is 12.3. The zero-order valence-corrected chi connectivity index (χ0v) is 10.7. The smallest absolute Gasteiger partial charge is 0.226 e. The van der Waals surface area contributed by atoms with Gasteiger partial charge in [-0.1, -0.05) is 26.8 Å². The van der Waals surface area contributed by atoms with Gasteiger partial charge in [0.1, 0.15) is 0 Å². The predicted octanol–water partition coefficient (Wildman–Crippen LogP) is 2.08. The van der Waals surface area contributed by atoms with Gasteiger partial charge in [-0.2, -0.15) is 0 Å². The minimum absolute atomic E-state index is 0.00639. The van der Waals surface area contributed by atoms with E-state index in [9.17, 15) is 4.79 Å². The first-order chi connectivity index (χ1) is 7.55. The second-order valence-corrected chi connectivity index (χ2v) is 4.72. The third-order valence-corrected chi connectivity index (χ3v) is 3.91. The number of hydrogen-bond donors (Lipinski definition) is 0. The lowest BCUT2D eigenvalue weighted by Gasteiger charge is -2.36. The van der Waals surface area contributed by atoms with Gasteiger partial charge in [0.25, 0.3) is 0 Å². The molecule has 2 atom stereocenters. The highest BCUT2D eigenvalue weighted by Crippen LogP contribution is 2.33. The molecule has 0 saturated carbocycles. The monoisotopic (exact) mass is 225 g/mol. The van der Waals surface area contributed by atoms with Crippen molar-refractivity contribution < 1.29 is 9.53 Å². The second kappa shape index (κ2) is 5.48. The number of rotatable bonds is 4. The van der Waals surface area contributed by atoms with Crippen LogP contribution in [0.15, 0.2) is 12.7 Å². The van der Waals surface area contributed by atoms with E-state index < -0.39 is 0 Å². The summed E-state index contributed by atoms with van der Waals surface area (Å²) in [5.41, 5.74) is -0.102. The number of amides is 1. The molecule has 3 heteroatoms. The second-order valence-electron chi connectivity index (χ2n) is 4.72. The lowest BCUT2D eigenvalue weighted by atomic mass is 9.75. The molecule has 1 rings (SSSR count). The highest BCUT2D eigenvalue weighted by Gasteiger charge is 2.34. The van der Waals surface area contributed by atoms with E-state index in [2.05, 4.69) is 20.4 Å². The van der Waals surface area contributed by atoms with E-state index in [0.717, 1.165) is 19.5 Å². The molecule has 0 aromatic rings. The van der Waals surface area contributed by atoms with Crippen LogP contribution >= 0.6 is 0 Å². The van der Waals surface area contributed by atoms with Crippen LogP contribution in [0.5, 0.6) is 0 Å². The summed E-state index contributed by atoms with van der Waals surface area (Å²) in [4.78, 5) is 14.2. The Labute approximate surface area is 98.5 Å². The van der Waals surface area contributed by atoms with Crippen LogP contribution in [0.1, 0.15) is 27.2 Å². The Morgan fingerprint density at radius 3 is 2.56 bits per heavy atom. The van der Waals surface area contributed by atoms with Crippen LogP contribution < -0.4 is 0 Å². The van der Waals surface area contributed by atoms with E-state index in [-0.39, 0.29) is 17.2 Å². The molecule has 1 heterocycles. The van der Waals surface area contributed by atoms with Gasteiger partial charge >= 0.3 is 0 Å². The molecule has 0 aliphatic carbocycles.